The molecule has 0 amide bonds. The molecule has 1 aromatic carbocycles. The molecular formula is C21H31NO. The van der Waals surface area contributed by atoms with Crippen LogP contribution in [0.4, 0.5) is 0 Å². The smallest absolute Gasteiger partial charge is 0.119 e. The van der Waals surface area contributed by atoms with Crippen molar-refractivity contribution in [3.63, 3.8) is 0 Å². The lowest BCUT2D eigenvalue weighted by atomic mass is 10.1. The van der Waals surface area contributed by atoms with E-state index in [1.165, 1.54) is 31.2 Å². The third-order valence-corrected chi connectivity index (χ3v) is 4.59. The Morgan fingerprint density at radius 2 is 1.91 bits per heavy atom. The predicted molar refractivity (Wildman–Crippen MR) is 97.8 cm³/mol. The van der Waals surface area contributed by atoms with Gasteiger partial charge in [0.15, 0.2) is 0 Å². The number of benzene rings is 1. The van der Waals surface area contributed by atoms with Crippen LogP contribution in [0.1, 0.15) is 57.9 Å². The molecule has 126 valence electrons. The zero-order valence-electron chi connectivity index (χ0n) is 14.8. The van der Waals surface area contributed by atoms with Gasteiger partial charge in [-0.3, -0.25) is 4.90 Å². The lowest BCUT2D eigenvalue weighted by Crippen LogP contribution is -2.22. The minimum absolute atomic E-state index is 0.441. The van der Waals surface area contributed by atoms with Gasteiger partial charge in [0.25, 0.3) is 0 Å². The zero-order chi connectivity index (χ0) is 16.3. The van der Waals surface area contributed by atoms with Crippen LogP contribution in [0.2, 0.25) is 0 Å². The van der Waals surface area contributed by atoms with E-state index in [0.29, 0.717) is 6.10 Å². The second-order valence-electron chi connectivity index (χ2n) is 6.34. The summed E-state index contributed by atoms with van der Waals surface area (Å²) in [5.41, 5.74) is 1.37. The van der Waals surface area contributed by atoms with E-state index in [0.717, 1.165) is 44.6 Å². The Balaban J connectivity index is 1.70. The Labute approximate surface area is 142 Å². The standard InChI is InChI=1S/C21H31NO/c1-3-22(4-2)17-10-6-5-7-12-19-13-11-16-21(18-19)23-20-14-8-9-15-20/h11,13,16,18,20H,3-5,7-9,12,14-15,17H2,1-2H3. The van der Waals surface area contributed by atoms with Gasteiger partial charge in [-0.05, 0) is 69.3 Å². The molecule has 0 spiro atoms. The molecule has 2 nitrogen and oxygen atoms in total. The minimum Gasteiger partial charge on any atom is -0.490 e. The van der Waals surface area contributed by atoms with Gasteiger partial charge in [-0.15, -0.1) is 5.92 Å². The number of rotatable bonds is 8. The first-order valence-corrected chi connectivity index (χ1v) is 9.25. The monoisotopic (exact) mass is 313 g/mol. The van der Waals surface area contributed by atoms with Gasteiger partial charge in [0, 0.05) is 6.42 Å². The summed E-state index contributed by atoms with van der Waals surface area (Å²) in [5, 5.41) is 0. The first-order valence-electron chi connectivity index (χ1n) is 9.25. The minimum atomic E-state index is 0.441. The molecule has 0 heterocycles. The molecule has 1 fully saturated rings. The number of hydrogen-bond acceptors (Lipinski definition) is 2. The van der Waals surface area contributed by atoms with Crippen molar-refractivity contribution in [2.24, 2.45) is 0 Å². The van der Waals surface area contributed by atoms with Crippen LogP contribution in [0.3, 0.4) is 0 Å². The molecule has 0 unspecified atom stereocenters. The van der Waals surface area contributed by atoms with Crippen molar-refractivity contribution in [2.45, 2.75) is 64.9 Å². The average Bonchev–Trinajstić information content (AvgIpc) is 3.08. The lowest BCUT2D eigenvalue weighted by Gasteiger charge is -2.13. The predicted octanol–water partition coefficient (Wildman–Crippen LogP) is 4.68. The van der Waals surface area contributed by atoms with Crippen LogP contribution in [-0.4, -0.2) is 30.6 Å². The third-order valence-electron chi connectivity index (χ3n) is 4.59. The van der Waals surface area contributed by atoms with Crippen LogP contribution in [0.5, 0.6) is 5.75 Å². The molecule has 1 aliphatic carbocycles. The molecule has 0 N–H and O–H groups in total. The number of ether oxygens (including phenoxy) is 1. The molecule has 1 aromatic rings. The highest BCUT2D eigenvalue weighted by Gasteiger charge is 2.16. The van der Waals surface area contributed by atoms with Gasteiger partial charge in [-0.1, -0.05) is 31.9 Å². The van der Waals surface area contributed by atoms with Crippen LogP contribution in [0.25, 0.3) is 0 Å². The molecule has 0 radical (unpaired) electrons. The van der Waals surface area contributed by atoms with E-state index in [2.05, 4.69) is 54.9 Å². The van der Waals surface area contributed by atoms with Crippen molar-refractivity contribution in [2.75, 3.05) is 19.6 Å². The van der Waals surface area contributed by atoms with Crippen molar-refractivity contribution in [1.82, 2.24) is 4.90 Å². The van der Waals surface area contributed by atoms with E-state index in [1.807, 2.05) is 0 Å². The van der Waals surface area contributed by atoms with Gasteiger partial charge in [-0.2, -0.15) is 0 Å². The Hall–Kier alpha value is -1.46. The molecule has 1 saturated carbocycles. The van der Waals surface area contributed by atoms with E-state index >= 15 is 0 Å². The van der Waals surface area contributed by atoms with Crippen LogP contribution in [0, 0.1) is 11.8 Å². The van der Waals surface area contributed by atoms with Crippen molar-refractivity contribution < 1.29 is 4.74 Å². The molecule has 2 rings (SSSR count). The highest BCUT2D eigenvalue weighted by Crippen LogP contribution is 2.24. The molecule has 1 aliphatic rings. The Morgan fingerprint density at radius 1 is 1.13 bits per heavy atom. The molecule has 0 aromatic heterocycles. The number of nitrogens with zero attached hydrogens (tertiary/aromatic N) is 1. The normalized spacial score (nSPS) is 14.7. The highest BCUT2D eigenvalue weighted by atomic mass is 16.5. The van der Waals surface area contributed by atoms with Gasteiger partial charge in [0.05, 0.1) is 12.6 Å². The average molecular weight is 313 g/mol. The van der Waals surface area contributed by atoms with Crippen LogP contribution in [-0.2, 0) is 6.42 Å². The molecular weight excluding hydrogens is 282 g/mol. The van der Waals surface area contributed by atoms with E-state index < -0.39 is 0 Å². The largest absolute Gasteiger partial charge is 0.490 e. The lowest BCUT2D eigenvalue weighted by molar-refractivity contribution is 0.210. The first kappa shape index (κ1) is 17.9. The number of unbranched alkanes of at least 4 members (excludes halogenated alkanes) is 1. The summed E-state index contributed by atoms with van der Waals surface area (Å²) in [6.07, 6.45) is 8.69. The SMILES string of the molecule is CCN(CC)CC#CCCCc1cccc(OC2CCCC2)c1. The van der Waals surface area contributed by atoms with Crippen LogP contribution in [0.15, 0.2) is 24.3 Å². The molecule has 2 heteroatoms. The summed E-state index contributed by atoms with van der Waals surface area (Å²) < 4.78 is 6.08. The van der Waals surface area contributed by atoms with E-state index in [9.17, 15) is 0 Å². The topological polar surface area (TPSA) is 12.5 Å². The Morgan fingerprint density at radius 3 is 2.65 bits per heavy atom. The summed E-state index contributed by atoms with van der Waals surface area (Å²) in [6.45, 7) is 7.44. The fourth-order valence-electron chi connectivity index (χ4n) is 3.06. The quantitative estimate of drug-likeness (QED) is 0.510. The zero-order valence-corrected chi connectivity index (χ0v) is 14.8. The van der Waals surface area contributed by atoms with Gasteiger partial charge >= 0.3 is 0 Å². The highest BCUT2D eigenvalue weighted by molar-refractivity contribution is 5.29. The maximum Gasteiger partial charge on any atom is 0.119 e. The molecule has 0 saturated heterocycles. The van der Waals surface area contributed by atoms with Gasteiger partial charge in [-0.25, -0.2) is 0 Å². The van der Waals surface area contributed by atoms with E-state index in [1.54, 1.807) is 0 Å². The van der Waals surface area contributed by atoms with Crippen molar-refractivity contribution in [1.29, 1.82) is 0 Å². The van der Waals surface area contributed by atoms with E-state index in [4.69, 9.17) is 4.74 Å². The second kappa shape index (κ2) is 10.3. The van der Waals surface area contributed by atoms with Crippen LogP contribution >= 0.6 is 0 Å². The first-order chi connectivity index (χ1) is 11.3. The summed E-state index contributed by atoms with van der Waals surface area (Å²) >= 11 is 0. The second-order valence-corrected chi connectivity index (χ2v) is 6.34. The van der Waals surface area contributed by atoms with Gasteiger partial charge in [0.1, 0.15) is 5.75 Å². The summed E-state index contributed by atoms with van der Waals surface area (Å²) in [6, 6.07) is 8.61. The molecule has 23 heavy (non-hydrogen) atoms. The van der Waals surface area contributed by atoms with Gasteiger partial charge < -0.3 is 4.74 Å². The fourth-order valence-corrected chi connectivity index (χ4v) is 3.06. The maximum absolute atomic E-state index is 6.08. The van der Waals surface area contributed by atoms with Crippen LogP contribution < -0.4 is 4.74 Å². The molecule has 0 aliphatic heterocycles. The van der Waals surface area contributed by atoms with E-state index in [-0.39, 0.29) is 0 Å². The van der Waals surface area contributed by atoms with Crippen molar-refractivity contribution in [3.8, 4) is 17.6 Å². The summed E-state index contributed by atoms with van der Waals surface area (Å²) in [4.78, 5) is 2.34. The maximum atomic E-state index is 6.08. The summed E-state index contributed by atoms with van der Waals surface area (Å²) in [7, 11) is 0. The van der Waals surface area contributed by atoms with Crippen molar-refractivity contribution >= 4 is 0 Å². The fraction of sp³-hybridized carbons (Fsp3) is 0.619. The summed E-state index contributed by atoms with van der Waals surface area (Å²) in [5.74, 6) is 7.63. The van der Waals surface area contributed by atoms with Crippen molar-refractivity contribution in [3.05, 3.63) is 29.8 Å². The number of hydrogen-bond donors (Lipinski definition) is 0. The Bertz CT molecular complexity index is 504. The molecule has 0 bridgehead atoms. The molecule has 0 atom stereocenters. The third kappa shape index (κ3) is 6.67. The number of aryl methyl sites for hydroxylation is 1. The van der Waals surface area contributed by atoms with Gasteiger partial charge in [0.2, 0.25) is 0 Å². The Kier molecular flexibility index (Phi) is 8.04.